The molecule has 0 saturated carbocycles. The monoisotopic (exact) mass is 503 g/mol. The second-order valence-corrected chi connectivity index (χ2v) is 9.54. The first-order valence-electron chi connectivity index (χ1n) is 12.6. The minimum Gasteiger partial charge on any atom is -0.361 e. The zero-order chi connectivity index (χ0) is 25.8. The number of rotatable bonds is 10. The Kier molecular flexibility index (Phi) is 7.31. The third kappa shape index (κ3) is 5.13. The van der Waals surface area contributed by atoms with E-state index in [-0.39, 0.29) is 5.82 Å². The molecular formula is C30H28F3N3O. The Morgan fingerprint density at radius 2 is 1.76 bits per heavy atom. The minimum atomic E-state index is -0.656. The Labute approximate surface area is 214 Å². The van der Waals surface area contributed by atoms with E-state index >= 15 is 0 Å². The lowest BCUT2D eigenvalue weighted by molar-refractivity contribution is -0.0133. The molecule has 0 radical (unpaired) electrons. The number of aromatic amines is 1. The SMILES string of the molecule is N#Cc1ccc2c(c1)COC2(CCCCNCCCc1c[nH]c2c(F)cc(F)cc12)c1ccc(F)cc1. The van der Waals surface area contributed by atoms with E-state index in [4.69, 9.17) is 4.74 Å². The van der Waals surface area contributed by atoms with Crippen LogP contribution in [0.1, 0.15) is 53.5 Å². The first-order chi connectivity index (χ1) is 18.0. The molecule has 4 nitrogen and oxygen atoms in total. The molecule has 0 aliphatic carbocycles. The molecular weight excluding hydrogens is 475 g/mol. The van der Waals surface area contributed by atoms with Crippen LogP contribution in [0, 0.1) is 28.8 Å². The molecule has 0 saturated heterocycles. The van der Waals surface area contributed by atoms with Gasteiger partial charge in [-0.3, -0.25) is 0 Å². The Morgan fingerprint density at radius 1 is 0.946 bits per heavy atom. The van der Waals surface area contributed by atoms with Crippen molar-refractivity contribution in [2.75, 3.05) is 13.1 Å². The number of nitriles is 1. The van der Waals surface area contributed by atoms with Crippen LogP contribution in [0.5, 0.6) is 0 Å². The number of nitrogens with one attached hydrogen (secondary N) is 2. The van der Waals surface area contributed by atoms with Gasteiger partial charge in [0.1, 0.15) is 23.1 Å². The van der Waals surface area contributed by atoms with Crippen molar-refractivity contribution >= 4 is 10.9 Å². The van der Waals surface area contributed by atoms with Crippen LogP contribution in [-0.4, -0.2) is 18.1 Å². The second kappa shape index (κ2) is 10.8. The molecule has 0 spiro atoms. The molecule has 3 aromatic carbocycles. The number of benzene rings is 3. The molecule has 190 valence electrons. The number of nitrogens with zero attached hydrogens (tertiary/aromatic N) is 1. The van der Waals surface area contributed by atoms with Gasteiger partial charge in [0.25, 0.3) is 0 Å². The summed E-state index contributed by atoms with van der Waals surface area (Å²) in [5.74, 6) is -1.43. The van der Waals surface area contributed by atoms with Gasteiger partial charge >= 0.3 is 0 Å². The van der Waals surface area contributed by atoms with Crippen LogP contribution in [0.15, 0.2) is 60.8 Å². The highest BCUT2D eigenvalue weighted by Crippen LogP contribution is 2.45. The van der Waals surface area contributed by atoms with Crippen LogP contribution in [-0.2, 0) is 23.4 Å². The molecule has 1 aliphatic rings. The summed E-state index contributed by atoms with van der Waals surface area (Å²) in [4.78, 5) is 2.90. The lowest BCUT2D eigenvalue weighted by Gasteiger charge is -2.30. The van der Waals surface area contributed by atoms with E-state index in [0.29, 0.717) is 23.1 Å². The van der Waals surface area contributed by atoms with E-state index in [1.165, 1.54) is 18.2 Å². The van der Waals surface area contributed by atoms with Crippen molar-refractivity contribution in [2.45, 2.75) is 44.3 Å². The van der Waals surface area contributed by atoms with E-state index in [0.717, 1.165) is 73.5 Å². The van der Waals surface area contributed by atoms with Gasteiger partial charge in [0.2, 0.25) is 0 Å². The van der Waals surface area contributed by atoms with Crippen LogP contribution in [0.25, 0.3) is 10.9 Å². The summed E-state index contributed by atoms with van der Waals surface area (Å²) in [7, 11) is 0. The summed E-state index contributed by atoms with van der Waals surface area (Å²) in [5, 5.41) is 13.3. The van der Waals surface area contributed by atoms with Crippen LogP contribution in [0.4, 0.5) is 13.2 Å². The summed E-state index contributed by atoms with van der Waals surface area (Å²) < 4.78 is 47.5. The van der Waals surface area contributed by atoms with Crippen LogP contribution < -0.4 is 5.32 Å². The molecule has 0 bridgehead atoms. The van der Waals surface area contributed by atoms with Crippen molar-refractivity contribution in [3.05, 3.63) is 106 Å². The number of halogens is 3. The highest BCUT2D eigenvalue weighted by Gasteiger charge is 2.41. The Bertz CT molecular complexity index is 1440. The topological polar surface area (TPSA) is 60.8 Å². The van der Waals surface area contributed by atoms with Crippen molar-refractivity contribution in [1.82, 2.24) is 10.3 Å². The fourth-order valence-electron chi connectivity index (χ4n) is 5.33. The first kappa shape index (κ1) is 25.1. The Morgan fingerprint density at radius 3 is 2.57 bits per heavy atom. The highest BCUT2D eigenvalue weighted by atomic mass is 19.1. The molecule has 2 heterocycles. The standard InChI is InChI=1S/C30H28F3N3O/c31-24-8-6-23(7-9-24)30(27-10-5-20(17-34)14-22(27)19-37-30)11-1-2-12-35-13-3-4-21-18-36-29-26(21)15-25(32)16-28(29)33/h5-10,14-16,18,35-36H,1-4,11-13,19H2. The van der Waals surface area contributed by atoms with Crippen LogP contribution >= 0.6 is 0 Å². The minimum absolute atomic E-state index is 0.288. The summed E-state index contributed by atoms with van der Waals surface area (Å²) in [6, 6.07) is 16.6. The van der Waals surface area contributed by atoms with E-state index in [1.54, 1.807) is 18.3 Å². The molecule has 0 fully saturated rings. The maximum atomic E-state index is 13.9. The molecule has 5 rings (SSSR count). The van der Waals surface area contributed by atoms with Crippen molar-refractivity contribution in [3.8, 4) is 6.07 Å². The number of aromatic nitrogens is 1. The van der Waals surface area contributed by atoms with E-state index in [9.17, 15) is 18.4 Å². The number of hydrogen-bond acceptors (Lipinski definition) is 3. The fourth-order valence-corrected chi connectivity index (χ4v) is 5.33. The lowest BCUT2D eigenvalue weighted by atomic mass is 9.81. The number of fused-ring (bicyclic) bond motifs is 2. The van der Waals surface area contributed by atoms with Gasteiger partial charge in [-0.2, -0.15) is 5.26 Å². The van der Waals surface area contributed by atoms with Crippen molar-refractivity contribution in [3.63, 3.8) is 0 Å². The maximum absolute atomic E-state index is 13.9. The van der Waals surface area contributed by atoms with Gasteiger partial charge in [0.05, 0.1) is 23.8 Å². The average molecular weight is 504 g/mol. The molecule has 1 aromatic heterocycles. The van der Waals surface area contributed by atoms with E-state index < -0.39 is 17.2 Å². The first-order valence-corrected chi connectivity index (χ1v) is 12.6. The highest BCUT2D eigenvalue weighted by molar-refractivity contribution is 5.83. The van der Waals surface area contributed by atoms with E-state index in [1.807, 2.05) is 18.2 Å². The molecule has 0 amide bonds. The zero-order valence-electron chi connectivity index (χ0n) is 20.4. The maximum Gasteiger partial charge on any atom is 0.150 e. The van der Waals surface area contributed by atoms with E-state index in [2.05, 4.69) is 16.4 Å². The summed E-state index contributed by atoms with van der Waals surface area (Å²) in [6.45, 7) is 2.04. The number of unbranched alkanes of at least 4 members (excludes halogenated alkanes) is 1. The zero-order valence-corrected chi connectivity index (χ0v) is 20.4. The largest absolute Gasteiger partial charge is 0.361 e. The lowest BCUT2D eigenvalue weighted by Crippen LogP contribution is -2.27. The van der Waals surface area contributed by atoms with Gasteiger partial charge in [0, 0.05) is 17.6 Å². The van der Waals surface area contributed by atoms with Crippen molar-refractivity contribution in [2.24, 2.45) is 0 Å². The van der Waals surface area contributed by atoms with Gasteiger partial charge in [-0.15, -0.1) is 0 Å². The fraction of sp³-hybridized carbons (Fsp3) is 0.300. The molecule has 1 unspecified atom stereocenters. The molecule has 2 N–H and O–H groups in total. The predicted molar refractivity (Wildman–Crippen MR) is 136 cm³/mol. The number of aryl methyl sites for hydroxylation is 1. The van der Waals surface area contributed by atoms with Gasteiger partial charge in [-0.05, 0) is 97.8 Å². The number of H-pyrrole nitrogens is 1. The second-order valence-electron chi connectivity index (χ2n) is 9.54. The molecule has 7 heteroatoms. The molecule has 4 aromatic rings. The number of hydrogen-bond donors (Lipinski definition) is 2. The molecule has 1 atom stereocenters. The Hall–Kier alpha value is -3.60. The average Bonchev–Trinajstić information content (AvgIpc) is 3.48. The third-order valence-electron chi connectivity index (χ3n) is 7.18. The van der Waals surface area contributed by atoms with Gasteiger partial charge in [-0.1, -0.05) is 18.2 Å². The summed E-state index contributed by atoms with van der Waals surface area (Å²) >= 11 is 0. The van der Waals surface area contributed by atoms with Crippen LogP contribution in [0.3, 0.4) is 0 Å². The summed E-state index contributed by atoms with van der Waals surface area (Å²) in [6.07, 6.45) is 5.89. The smallest absolute Gasteiger partial charge is 0.150 e. The predicted octanol–water partition coefficient (Wildman–Crippen LogP) is 6.62. The quantitative estimate of drug-likeness (QED) is 0.239. The normalized spacial score (nSPS) is 16.7. The van der Waals surface area contributed by atoms with Crippen LogP contribution in [0.2, 0.25) is 0 Å². The van der Waals surface area contributed by atoms with Gasteiger partial charge < -0.3 is 15.0 Å². The summed E-state index contributed by atoms with van der Waals surface area (Å²) in [5.41, 5.74) is 4.15. The van der Waals surface area contributed by atoms with Gasteiger partial charge in [0.15, 0.2) is 0 Å². The molecule has 37 heavy (non-hydrogen) atoms. The van der Waals surface area contributed by atoms with Gasteiger partial charge in [-0.25, -0.2) is 13.2 Å². The van der Waals surface area contributed by atoms with Crippen molar-refractivity contribution < 1.29 is 17.9 Å². The number of ether oxygens (including phenoxy) is 1. The third-order valence-corrected chi connectivity index (χ3v) is 7.18. The Balaban J connectivity index is 1.15. The molecule has 1 aliphatic heterocycles. The van der Waals surface area contributed by atoms with Crippen molar-refractivity contribution in [1.29, 1.82) is 5.26 Å².